The van der Waals surface area contributed by atoms with Gasteiger partial charge in [-0.25, -0.2) is 4.98 Å². The highest BCUT2D eigenvalue weighted by Crippen LogP contribution is 2.49. The second-order valence-corrected chi connectivity index (χ2v) is 23.1. The lowest BCUT2D eigenvalue weighted by Crippen LogP contribution is -2.66. The maximum Gasteiger partial charge on any atom is 0.335 e. The summed E-state index contributed by atoms with van der Waals surface area (Å²) in [6.07, 6.45) is -0.190. The second-order valence-electron chi connectivity index (χ2n) is 14.3. The molecule has 0 aliphatic carbocycles. The topological polar surface area (TPSA) is 157 Å². The van der Waals surface area contributed by atoms with Gasteiger partial charge in [-0.2, -0.15) is 4.98 Å². The van der Waals surface area contributed by atoms with Crippen LogP contribution in [0.1, 0.15) is 88.8 Å². The molecule has 4 rings (SSSR count). The third kappa shape index (κ3) is 7.96. The second kappa shape index (κ2) is 16.3. The minimum atomic E-state index is -3.02. The fourth-order valence-corrected chi connectivity index (χ4v) is 17.7. The minimum absolute atomic E-state index is 0.0218. The molecule has 0 radical (unpaired) electrons. The Morgan fingerprint density at radius 2 is 1.65 bits per heavy atom. The van der Waals surface area contributed by atoms with E-state index in [-0.39, 0.29) is 64.5 Å². The Bertz CT molecular complexity index is 1400. The Hall–Kier alpha value is -2.03. The van der Waals surface area contributed by atoms with E-state index in [1.807, 2.05) is 0 Å². The number of hydrogen-bond donors (Lipinski definition) is 2. The van der Waals surface area contributed by atoms with Gasteiger partial charge in [-0.05, 0) is 28.6 Å². The molecule has 0 spiro atoms. The van der Waals surface area contributed by atoms with Crippen molar-refractivity contribution in [2.24, 2.45) is 5.92 Å². The summed E-state index contributed by atoms with van der Waals surface area (Å²) in [5, 5.41) is 2.69. The van der Waals surface area contributed by atoms with Crippen LogP contribution >= 0.6 is 0 Å². The standard InChI is InChI=1S/C32H57N5O9Si2/c1-12-13-40-14-15-41-18-42-27-26-24(16-43-47(20(4)5,21(6)7)46-48(45-26,22(8)9)23(10)11)44-31(27)37-17-33-25-28(37)34-32(36-30(25)39)35-29(38)19(2)3/h17,19-24,26-27,31H,12-16,18H2,1-11H3,(H2,34,35,36,38,39)/t24-,26?,27+,31-/m1/s1. The van der Waals surface area contributed by atoms with E-state index in [0.29, 0.717) is 19.8 Å². The lowest BCUT2D eigenvalue weighted by Gasteiger charge is -2.51. The molecule has 2 fully saturated rings. The van der Waals surface area contributed by atoms with Crippen LogP contribution < -0.4 is 10.9 Å². The number of ether oxygens (including phenoxy) is 4. The number of anilines is 1. The minimum Gasteiger partial charge on any atom is -0.414 e. The molecule has 1 unspecified atom stereocenters. The number of fused-ring (bicyclic) bond motifs is 2. The van der Waals surface area contributed by atoms with E-state index in [4.69, 9.17) is 31.9 Å². The average molecular weight is 712 g/mol. The molecule has 0 saturated carbocycles. The van der Waals surface area contributed by atoms with Gasteiger partial charge in [0.25, 0.3) is 5.56 Å². The summed E-state index contributed by atoms with van der Waals surface area (Å²) in [4.78, 5) is 37.1. The number of H-pyrrole nitrogens is 1. The molecule has 4 atom stereocenters. The summed E-state index contributed by atoms with van der Waals surface area (Å²) >= 11 is 0. The molecule has 48 heavy (non-hydrogen) atoms. The van der Waals surface area contributed by atoms with Crippen LogP contribution in [0.5, 0.6) is 0 Å². The van der Waals surface area contributed by atoms with Crippen molar-refractivity contribution in [1.82, 2.24) is 19.5 Å². The molecule has 2 aromatic heterocycles. The number of carbonyl (C=O) groups excluding carboxylic acids is 1. The molecule has 0 bridgehead atoms. The van der Waals surface area contributed by atoms with Crippen molar-refractivity contribution >= 4 is 40.1 Å². The molecular weight excluding hydrogens is 655 g/mol. The zero-order chi connectivity index (χ0) is 35.4. The first-order valence-electron chi connectivity index (χ1n) is 17.4. The fourth-order valence-electron chi connectivity index (χ4n) is 6.51. The zero-order valence-electron chi connectivity index (χ0n) is 30.5. The number of amides is 1. The molecule has 14 nitrogen and oxygen atoms in total. The van der Waals surface area contributed by atoms with E-state index in [1.54, 1.807) is 18.4 Å². The SMILES string of the molecule is CCCOCCOCO[C@H]1C2O[Si](C(C)C)(C(C)C)O[Si](C(C)C)(C(C)C)OC[C@H]2O[C@H]1n1cnc2c(=O)[nH]c(NC(=O)C(C)C)nc21. The first-order chi connectivity index (χ1) is 22.7. The molecule has 2 saturated heterocycles. The average Bonchev–Trinajstić information content (AvgIpc) is 3.57. The first kappa shape index (κ1) is 38.8. The highest BCUT2D eigenvalue weighted by atomic mass is 28.5. The van der Waals surface area contributed by atoms with Gasteiger partial charge in [-0.15, -0.1) is 0 Å². The van der Waals surface area contributed by atoms with E-state index in [0.717, 1.165) is 6.42 Å². The molecule has 2 aromatic rings. The Labute approximate surface area is 286 Å². The summed E-state index contributed by atoms with van der Waals surface area (Å²) in [5.74, 6) is -0.570. The van der Waals surface area contributed by atoms with Crippen LogP contribution in [0, 0.1) is 5.92 Å². The molecular formula is C32H57N5O9Si2. The number of aromatic amines is 1. The van der Waals surface area contributed by atoms with Gasteiger partial charge in [0.15, 0.2) is 17.4 Å². The number of hydrogen-bond acceptors (Lipinski definition) is 11. The van der Waals surface area contributed by atoms with E-state index >= 15 is 0 Å². The van der Waals surface area contributed by atoms with Gasteiger partial charge in [0.05, 0.1) is 26.1 Å². The van der Waals surface area contributed by atoms with Crippen LogP contribution in [0.2, 0.25) is 22.2 Å². The van der Waals surface area contributed by atoms with E-state index in [1.165, 1.54) is 6.33 Å². The van der Waals surface area contributed by atoms with Gasteiger partial charge in [0, 0.05) is 12.5 Å². The van der Waals surface area contributed by atoms with Crippen molar-refractivity contribution in [3.63, 3.8) is 0 Å². The molecule has 16 heteroatoms. The lowest BCUT2D eigenvalue weighted by molar-refractivity contribution is -0.142. The molecule has 2 aliphatic rings. The Morgan fingerprint density at radius 1 is 1.00 bits per heavy atom. The number of carbonyl (C=O) groups is 1. The molecule has 4 heterocycles. The summed E-state index contributed by atoms with van der Waals surface area (Å²) in [6.45, 7) is 24.6. The van der Waals surface area contributed by atoms with Crippen molar-refractivity contribution in [2.75, 3.05) is 38.5 Å². The van der Waals surface area contributed by atoms with Gasteiger partial charge in [0.2, 0.25) is 11.9 Å². The number of rotatable bonds is 15. The Kier molecular flexibility index (Phi) is 13.2. The molecule has 1 amide bonds. The predicted molar refractivity (Wildman–Crippen MR) is 186 cm³/mol. The van der Waals surface area contributed by atoms with Crippen molar-refractivity contribution in [2.45, 2.75) is 129 Å². The summed E-state index contributed by atoms with van der Waals surface area (Å²) in [7, 11) is -5.84. The largest absolute Gasteiger partial charge is 0.414 e. The molecule has 2 aliphatic heterocycles. The van der Waals surface area contributed by atoms with Gasteiger partial charge < -0.3 is 31.9 Å². The zero-order valence-corrected chi connectivity index (χ0v) is 32.5. The number of nitrogens with zero attached hydrogens (tertiary/aromatic N) is 3. The first-order valence-corrected chi connectivity index (χ1v) is 21.3. The van der Waals surface area contributed by atoms with Gasteiger partial charge >= 0.3 is 17.1 Å². The van der Waals surface area contributed by atoms with Crippen LogP contribution in [-0.4, -0.2) is 94.1 Å². The molecule has 272 valence electrons. The predicted octanol–water partition coefficient (Wildman–Crippen LogP) is 5.35. The summed E-state index contributed by atoms with van der Waals surface area (Å²) in [5.41, 5.74) is 0.382. The maximum absolute atomic E-state index is 13.1. The van der Waals surface area contributed by atoms with Crippen molar-refractivity contribution in [1.29, 1.82) is 0 Å². The van der Waals surface area contributed by atoms with E-state index < -0.39 is 47.2 Å². The van der Waals surface area contributed by atoms with Crippen LogP contribution in [0.3, 0.4) is 0 Å². The normalized spacial score (nSPS) is 24.2. The number of imidazole rings is 1. The van der Waals surface area contributed by atoms with E-state index in [9.17, 15) is 9.59 Å². The monoisotopic (exact) mass is 711 g/mol. The summed E-state index contributed by atoms with van der Waals surface area (Å²) < 4.78 is 48.0. The highest BCUT2D eigenvalue weighted by molar-refractivity contribution is 6.84. The van der Waals surface area contributed by atoms with E-state index in [2.05, 4.69) is 82.6 Å². The quantitative estimate of drug-likeness (QED) is 0.139. The Balaban J connectivity index is 1.78. The number of aromatic nitrogens is 4. The fraction of sp³-hybridized carbons (Fsp3) is 0.812. The maximum atomic E-state index is 13.1. The van der Waals surface area contributed by atoms with Crippen LogP contribution in [0.25, 0.3) is 11.2 Å². The number of nitrogens with one attached hydrogen (secondary N) is 2. The molecule has 2 N–H and O–H groups in total. The van der Waals surface area contributed by atoms with Crippen LogP contribution in [-0.2, 0) is 36.7 Å². The van der Waals surface area contributed by atoms with Crippen molar-refractivity contribution in [3.05, 3.63) is 16.7 Å². The van der Waals surface area contributed by atoms with Gasteiger partial charge in [-0.1, -0.05) is 76.2 Å². The van der Waals surface area contributed by atoms with Gasteiger partial charge in [-0.3, -0.25) is 24.5 Å². The third-order valence-corrected chi connectivity index (χ3v) is 19.4. The van der Waals surface area contributed by atoms with Crippen molar-refractivity contribution in [3.8, 4) is 0 Å². The van der Waals surface area contributed by atoms with Crippen LogP contribution in [0.4, 0.5) is 5.95 Å². The smallest absolute Gasteiger partial charge is 0.335 e. The lowest BCUT2D eigenvalue weighted by atomic mass is 10.1. The summed E-state index contributed by atoms with van der Waals surface area (Å²) in [6, 6.07) is 0. The molecule has 0 aromatic carbocycles. The van der Waals surface area contributed by atoms with Gasteiger partial charge in [0.1, 0.15) is 25.1 Å². The van der Waals surface area contributed by atoms with Crippen molar-refractivity contribution < 1.29 is 36.7 Å². The third-order valence-electron chi connectivity index (χ3n) is 9.15. The van der Waals surface area contributed by atoms with Crippen LogP contribution in [0.15, 0.2) is 11.1 Å². The Morgan fingerprint density at radius 3 is 2.25 bits per heavy atom. The highest BCUT2D eigenvalue weighted by Gasteiger charge is 2.62.